The van der Waals surface area contributed by atoms with Crippen LogP contribution in [0, 0.1) is 27.7 Å². The summed E-state index contributed by atoms with van der Waals surface area (Å²) in [6, 6.07) is 5.82. The van der Waals surface area contributed by atoms with Gasteiger partial charge in [-0.1, -0.05) is 17.3 Å². The highest BCUT2D eigenvalue weighted by atomic mass is 16.5. The molecule has 0 saturated carbocycles. The summed E-state index contributed by atoms with van der Waals surface area (Å²) in [4.78, 5) is 12.8. The number of benzene rings is 1. The molecule has 0 spiro atoms. The van der Waals surface area contributed by atoms with Gasteiger partial charge in [-0.3, -0.25) is 9.48 Å². The second kappa shape index (κ2) is 7.88. The third-order valence-corrected chi connectivity index (χ3v) is 5.00. The molecule has 0 fully saturated rings. The van der Waals surface area contributed by atoms with Crippen molar-refractivity contribution in [3.63, 3.8) is 0 Å². The van der Waals surface area contributed by atoms with E-state index in [4.69, 9.17) is 9.26 Å². The Bertz CT molecular complexity index is 1000. The Morgan fingerprint density at radius 3 is 2.71 bits per heavy atom. The zero-order chi connectivity index (χ0) is 20.4. The largest absolute Gasteiger partial charge is 0.488 e. The first-order chi connectivity index (χ1) is 13.3. The Morgan fingerprint density at radius 1 is 1.29 bits per heavy atom. The van der Waals surface area contributed by atoms with E-state index in [-0.39, 0.29) is 24.2 Å². The van der Waals surface area contributed by atoms with Crippen molar-refractivity contribution in [3.05, 3.63) is 63.8 Å². The molecule has 148 valence electrons. The van der Waals surface area contributed by atoms with E-state index >= 15 is 0 Å². The maximum Gasteiger partial charge on any atom is 0.274 e. The van der Waals surface area contributed by atoms with Crippen molar-refractivity contribution in [1.82, 2.24) is 20.3 Å². The van der Waals surface area contributed by atoms with Gasteiger partial charge < -0.3 is 14.6 Å². The average Bonchev–Trinajstić information content (AvgIpc) is 3.18. The molecule has 7 heteroatoms. The van der Waals surface area contributed by atoms with E-state index in [0.717, 1.165) is 28.1 Å². The van der Waals surface area contributed by atoms with E-state index < -0.39 is 0 Å². The number of ether oxygens (including phenoxy) is 1. The molecule has 3 rings (SSSR count). The van der Waals surface area contributed by atoms with Crippen molar-refractivity contribution < 1.29 is 14.1 Å². The predicted octanol–water partition coefficient (Wildman–Crippen LogP) is 3.71. The van der Waals surface area contributed by atoms with Crippen molar-refractivity contribution in [2.75, 3.05) is 0 Å². The van der Waals surface area contributed by atoms with Gasteiger partial charge in [0.2, 0.25) is 0 Å². The standard InChI is InChI=1S/C21H26N4O3/c1-12-7-8-13(2)19(9-12)27-11-18-16(5)28-24-20(18)21(26)23-14(3)17-10-22-25(6)15(17)4/h7-10,14H,11H2,1-6H3,(H,23,26). The summed E-state index contributed by atoms with van der Waals surface area (Å²) >= 11 is 0. The first kappa shape index (κ1) is 19.7. The lowest BCUT2D eigenvalue weighted by Gasteiger charge is -2.14. The van der Waals surface area contributed by atoms with Gasteiger partial charge in [0.25, 0.3) is 5.91 Å². The smallest absolute Gasteiger partial charge is 0.274 e. The highest BCUT2D eigenvalue weighted by molar-refractivity contribution is 5.94. The monoisotopic (exact) mass is 382 g/mol. The molecule has 0 aliphatic rings. The van der Waals surface area contributed by atoms with Gasteiger partial charge in [-0.15, -0.1) is 0 Å². The number of hydrogen-bond acceptors (Lipinski definition) is 5. The van der Waals surface area contributed by atoms with Crippen molar-refractivity contribution in [2.24, 2.45) is 7.05 Å². The average molecular weight is 382 g/mol. The summed E-state index contributed by atoms with van der Waals surface area (Å²) in [6.07, 6.45) is 1.76. The molecule has 0 aliphatic carbocycles. The minimum atomic E-state index is -0.299. The topological polar surface area (TPSA) is 82.2 Å². The number of amides is 1. The van der Waals surface area contributed by atoms with Gasteiger partial charge in [-0.2, -0.15) is 5.10 Å². The summed E-state index contributed by atoms with van der Waals surface area (Å²) in [5.41, 5.74) is 5.00. The molecule has 0 aliphatic heterocycles. The molecule has 3 aromatic rings. The maximum absolute atomic E-state index is 12.8. The fraction of sp³-hybridized carbons (Fsp3) is 0.381. The quantitative estimate of drug-likeness (QED) is 0.703. The van der Waals surface area contributed by atoms with Crippen LogP contribution in [0.1, 0.15) is 57.2 Å². The lowest BCUT2D eigenvalue weighted by molar-refractivity contribution is 0.0928. The van der Waals surface area contributed by atoms with Gasteiger partial charge in [0, 0.05) is 18.3 Å². The Morgan fingerprint density at radius 2 is 2.04 bits per heavy atom. The molecule has 28 heavy (non-hydrogen) atoms. The Balaban J connectivity index is 1.75. The molecule has 0 radical (unpaired) electrons. The Labute approximate surface area is 164 Å². The second-order valence-electron chi connectivity index (χ2n) is 7.13. The van der Waals surface area contributed by atoms with Crippen LogP contribution in [0.2, 0.25) is 0 Å². The van der Waals surface area contributed by atoms with Gasteiger partial charge in [0.15, 0.2) is 5.69 Å². The molecule has 1 unspecified atom stereocenters. The minimum absolute atomic E-state index is 0.203. The third kappa shape index (κ3) is 3.93. The van der Waals surface area contributed by atoms with Crippen LogP contribution in [0.4, 0.5) is 0 Å². The number of carbonyl (C=O) groups is 1. The zero-order valence-electron chi connectivity index (χ0n) is 17.2. The first-order valence-corrected chi connectivity index (χ1v) is 9.22. The number of nitrogens with one attached hydrogen (secondary N) is 1. The summed E-state index contributed by atoms with van der Waals surface area (Å²) in [7, 11) is 1.87. The van der Waals surface area contributed by atoms with Crippen molar-refractivity contribution in [1.29, 1.82) is 0 Å². The molecule has 0 bridgehead atoms. The van der Waals surface area contributed by atoms with Crippen LogP contribution in [0.25, 0.3) is 0 Å². The number of aromatic nitrogens is 3. The Hall–Kier alpha value is -3.09. The SMILES string of the molecule is Cc1ccc(C)c(OCc2c(C(=O)NC(C)c3cnn(C)c3C)noc2C)c1. The van der Waals surface area contributed by atoms with E-state index in [9.17, 15) is 4.79 Å². The highest BCUT2D eigenvalue weighted by Crippen LogP contribution is 2.23. The number of carbonyl (C=O) groups excluding carboxylic acids is 1. The van der Waals surface area contributed by atoms with Gasteiger partial charge in [-0.25, -0.2) is 0 Å². The van der Waals surface area contributed by atoms with Crippen LogP contribution in [-0.2, 0) is 13.7 Å². The molecular weight excluding hydrogens is 356 g/mol. The van der Waals surface area contributed by atoms with Crippen LogP contribution >= 0.6 is 0 Å². The van der Waals surface area contributed by atoms with Crippen molar-refractivity contribution in [3.8, 4) is 5.75 Å². The minimum Gasteiger partial charge on any atom is -0.488 e. The Kier molecular flexibility index (Phi) is 5.53. The van der Waals surface area contributed by atoms with Crippen molar-refractivity contribution in [2.45, 2.75) is 47.3 Å². The lowest BCUT2D eigenvalue weighted by atomic mass is 10.1. The van der Waals surface area contributed by atoms with E-state index in [1.54, 1.807) is 17.8 Å². The van der Waals surface area contributed by atoms with E-state index in [2.05, 4.69) is 15.6 Å². The molecule has 2 heterocycles. The summed E-state index contributed by atoms with van der Waals surface area (Å²) in [5.74, 6) is 1.05. The van der Waals surface area contributed by atoms with Gasteiger partial charge in [-0.05, 0) is 51.8 Å². The van der Waals surface area contributed by atoms with E-state index in [1.165, 1.54) is 0 Å². The number of hydrogen-bond donors (Lipinski definition) is 1. The molecule has 2 aromatic heterocycles. The fourth-order valence-electron chi connectivity index (χ4n) is 3.04. The molecule has 0 saturated heterocycles. The summed E-state index contributed by atoms with van der Waals surface area (Å²) in [5, 5.41) is 11.2. The van der Waals surface area contributed by atoms with Crippen LogP contribution < -0.4 is 10.1 Å². The fourth-order valence-corrected chi connectivity index (χ4v) is 3.04. The van der Waals surface area contributed by atoms with Gasteiger partial charge in [0.1, 0.15) is 18.1 Å². The molecule has 1 atom stereocenters. The number of nitrogens with zero attached hydrogens (tertiary/aromatic N) is 3. The second-order valence-corrected chi connectivity index (χ2v) is 7.13. The lowest BCUT2D eigenvalue weighted by Crippen LogP contribution is -2.28. The van der Waals surface area contributed by atoms with Crippen LogP contribution in [0.5, 0.6) is 5.75 Å². The summed E-state index contributed by atoms with van der Waals surface area (Å²) < 4.78 is 13.0. The molecule has 7 nitrogen and oxygen atoms in total. The molecule has 1 aromatic carbocycles. The van der Waals surface area contributed by atoms with Crippen LogP contribution in [0.15, 0.2) is 28.9 Å². The first-order valence-electron chi connectivity index (χ1n) is 9.22. The maximum atomic E-state index is 12.8. The van der Waals surface area contributed by atoms with Crippen LogP contribution in [-0.4, -0.2) is 20.8 Å². The summed E-state index contributed by atoms with van der Waals surface area (Å²) in [6.45, 7) is 9.87. The van der Waals surface area contributed by atoms with Crippen LogP contribution in [0.3, 0.4) is 0 Å². The molecular formula is C21H26N4O3. The van der Waals surface area contributed by atoms with E-state index in [0.29, 0.717) is 11.3 Å². The predicted molar refractivity (Wildman–Crippen MR) is 105 cm³/mol. The third-order valence-electron chi connectivity index (χ3n) is 5.00. The molecule has 1 amide bonds. The zero-order valence-corrected chi connectivity index (χ0v) is 17.2. The number of rotatable bonds is 6. The van der Waals surface area contributed by atoms with Crippen molar-refractivity contribution >= 4 is 5.91 Å². The van der Waals surface area contributed by atoms with Gasteiger partial charge >= 0.3 is 0 Å². The highest BCUT2D eigenvalue weighted by Gasteiger charge is 2.23. The normalized spacial score (nSPS) is 12.1. The number of aryl methyl sites for hydroxylation is 4. The van der Waals surface area contributed by atoms with E-state index in [1.807, 2.05) is 52.9 Å². The molecule has 1 N–H and O–H groups in total. The van der Waals surface area contributed by atoms with Gasteiger partial charge in [0.05, 0.1) is 17.8 Å².